The molecule has 1 rings (SSSR count). The molecule has 1 aliphatic rings. The van der Waals surface area contributed by atoms with Gasteiger partial charge < -0.3 is 15.7 Å². The minimum atomic E-state index is -0.830. The van der Waals surface area contributed by atoms with Crippen LogP contribution in [-0.2, 0) is 4.79 Å². The van der Waals surface area contributed by atoms with Crippen LogP contribution in [0, 0.1) is 11.3 Å². The molecule has 5 heteroatoms. The summed E-state index contributed by atoms with van der Waals surface area (Å²) in [7, 11) is 0. The number of carbonyl (C=O) groups is 2. The fourth-order valence-electron chi connectivity index (χ4n) is 2.30. The summed E-state index contributed by atoms with van der Waals surface area (Å²) in [6.07, 6.45) is 4.83. The Morgan fingerprint density at radius 2 is 2.00 bits per heavy atom. The Morgan fingerprint density at radius 3 is 2.44 bits per heavy atom. The van der Waals surface area contributed by atoms with Crippen LogP contribution in [0.5, 0.6) is 0 Å². The van der Waals surface area contributed by atoms with Crippen molar-refractivity contribution in [1.82, 2.24) is 10.6 Å². The molecular formula is C13H24N2O3. The average molecular weight is 256 g/mol. The highest BCUT2D eigenvalue weighted by molar-refractivity contribution is 5.74. The van der Waals surface area contributed by atoms with E-state index in [1.165, 1.54) is 19.3 Å². The lowest BCUT2D eigenvalue weighted by Gasteiger charge is -2.41. The number of hydrogen-bond donors (Lipinski definition) is 3. The number of urea groups is 1. The number of carboxylic acid groups (broad SMARTS) is 1. The molecule has 3 N–H and O–H groups in total. The average Bonchev–Trinajstić information content (AvgIpc) is 2.24. The first-order chi connectivity index (χ1) is 8.47. The molecule has 0 aliphatic heterocycles. The van der Waals surface area contributed by atoms with Gasteiger partial charge in [-0.05, 0) is 30.6 Å². The van der Waals surface area contributed by atoms with Crippen molar-refractivity contribution in [1.29, 1.82) is 0 Å². The largest absolute Gasteiger partial charge is 0.481 e. The van der Waals surface area contributed by atoms with Gasteiger partial charge in [-0.3, -0.25) is 4.79 Å². The zero-order valence-corrected chi connectivity index (χ0v) is 11.3. The van der Waals surface area contributed by atoms with Crippen LogP contribution in [-0.4, -0.2) is 30.2 Å². The molecule has 5 nitrogen and oxygen atoms in total. The maximum atomic E-state index is 11.6. The first-order valence-corrected chi connectivity index (χ1v) is 6.71. The van der Waals surface area contributed by atoms with Crippen LogP contribution in [0.4, 0.5) is 4.79 Å². The molecule has 1 atom stereocenters. The highest BCUT2D eigenvalue weighted by atomic mass is 16.4. The van der Waals surface area contributed by atoms with E-state index < -0.39 is 5.97 Å². The quantitative estimate of drug-likeness (QED) is 0.651. The second-order valence-electron chi connectivity index (χ2n) is 5.47. The van der Waals surface area contributed by atoms with Gasteiger partial charge in [0.05, 0.1) is 0 Å². The number of hydrogen-bond acceptors (Lipinski definition) is 2. The highest BCUT2D eigenvalue weighted by Crippen LogP contribution is 2.42. The summed E-state index contributed by atoms with van der Waals surface area (Å²) >= 11 is 0. The standard InChI is InChI=1S/C13H24N2O3/c1-3-13(5-4-6-13)9-15-12(18)14-8-10(2)7-11(16)17/h10H,3-9H2,1-2H3,(H,16,17)(H2,14,15,18). The molecular weight excluding hydrogens is 232 g/mol. The lowest BCUT2D eigenvalue weighted by molar-refractivity contribution is -0.137. The molecule has 0 heterocycles. The van der Waals surface area contributed by atoms with E-state index in [4.69, 9.17) is 5.11 Å². The van der Waals surface area contributed by atoms with E-state index in [2.05, 4.69) is 17.6 Å². The van der Waals surface area contributed by atoms with Gasteiger partial charge in [0.1, 0.15) is 0 Å². The molecule has 18 heavy (non-hydrogen) atoms. The van der Waals surface area contributed by atoms with Crippen molar-refractivity contribution in [3.63, 3.8) is 0 Å². The summed E-state index contributed by atoms with van der Waals surface area (Å²) in [5, 5.41) is 14.2. The molecule has 0 aromatic heterocycles. The van der Waals surface area contributed by atoms with Crippen molar-refractivity contribution in [3.05, 3.63) is 0 Å². The SMILES string of the molecule is CCC1(CNC(=O)NCC(C)CC(=O)O)CCC1. The predicted molar refractivity (Wildman–Crippen MR) is 69.4 cm³/mol. The van der Waals surface area contributed by atoms with Gasteiger partial charge >= 0.3 is 12.0 Å². The maximum absolute atomic E-state index is 11.6. The molecule has 1 fully saturated rings. The summed E-state index contributed by atoms with van der Waals surface area (Å²) < 4.78 is 0. The summed E-state index contributed by atoms with van der Waals surface area (Å²) in [5.41, 5.74) is 0.310. The molecule has 0 radical (unpaired) electrons. The number of aliphatic carboxylic acids is 1. The van der Waals surface area contributed by atoms with Crippen molar-refractivity contribution in [3.8, 4) is 0 Å². The molecule has 0 spiro atoms. The summed E-state index contributed by atoms with van der Waals surface area (Å²) in [5.74, 6) is -0.874. The fraction of sp³-hybridized carbons (Fsp3) is 0.846. The number of nitrogens with one attached hydrogen (secondary N) is 2. The van der Waals surface area contributed by atoms with Gasteiger partial charge in [-0.25, -0.2) is 4.79 Å². The molecule has 0 aromatic carbocycles. The number of carbonyl (C=O) groups excluding carboxylic acids is 1. The molecule has 1 unspecified atom stereocenters. The van der Waals surface area contributed by atoms with E-state index in [9.17, 15) is 9.59 Å². The van der Waals surface area contributed by atoms with Gasteiger partial charge in [-0.1, -0.05) is 20.3 Å². The first kappa shape index (κ1) is 14.8. The second kappa shape index (κ2) is 6.61. The Hall–Kier alpha value is -1.26. The van der Waals surface area contributed by atoms with Gasteiger partial charge in [-0.15, -0.1) is 0 Å². The lowest BCUT2D eigenvalue weighted by Crippen LogP contribution is -2.46. The van der Waals surface area contributed by atoms with Crippen molar-refractivity contribution >= 4 is 12.0 Å². The van der Waals surface area contributed by atoms with Crippen LogP contribution >= 0.6 is 0 Å². The van der Waals surface area contributed by atoms with Crippen LogP contribution in [0.3, 0.4) is 0 Å². The van der Waals surface area contributed by atoms with Crippen LogP contribution in [0.2, 0.25) is 0 Å². The number of amides is 2. The van der Waals surface area contributed by atoms with Crippen molar-refractivity contribution in [2.24, 2.45) is 11.3 Å². The van der Waals surface area contributed by atoms with E-state index >= 15 is 0 Å². The van der Waals surface area contributed by atoms with E-state index in [0.717, 1.165) is 13.0 Å². The van der Waals surface area contributed by atoms with E-state index in [1.807, 2.05) is 6.92 Å². The van der Waals surface area contributed by atoms with Crippen LogP contribution in [0.1, 0.15) is 46.0 Å². The Bertz CT molecular complexity index is 295. The smallest absolute Gasteiger partial charge is 0.314 e. The van der Waals surface area contributed by atoms with Gasteiger partial charge in [0.2, 0.25) is 0 Å². The van der Waals surface area contributed by atoms with E-state index in [-0.39, 0.29) is 18.4 Å². The van der Waals surface area contributed by atoms with Gasteiger partial charge in [0.15, 0.2) is 0 Å². The Morgan fingerprint density at radius 1 is 1.33 bits per heavy atom. The molecule has 1 saturated carbocycles. The van der Waals surface area contributed by atoms with E-state index in [1.54, 1.807) is 0 Å². The lowest BCUT2D eigenvalue weighted by atomic mass is 9.67. The third kappa shape index (κ3) is 4.55. The minimum Gasteiger partial charge on any atom is -0.481 e. The third-order valence-corrected chi connectivity index (χ3v) is 3.92. The molecule has 0 saturated heterocycles. The van der Waals surface area contributed by atoms with Gasteiger partial charge in [-0.2, -0.15) is 0 Å². The third-order valence-electron chi connectivity index (χ3n) is 3.92. The summed E-state index contributed by atoms with van der Waals surface area (Å²) in [4.78, 5) is 22.0. The molecule has 104 valence electrons. The van der Waals surface area contributed by atoms with E-state index in [0.29, 0.717) is 12.0 Å². The fourth-order valence-corrected chi connectivity index (χ4v) is 2.30. The molecule has 2 amide bonds. The van der Waals surface area contributed by atoms with Crippen LogP contribution in [0.25, 0.3) is 0 Å². The number of rotatable bonds is 7. The maximum Gasteiger partial charge on any atom is 0.314 e. The minimum absolute atomic E-state index is 0.0444. The summed E-state index contributed by atoms with van der Waals surface area (Å²) in [6.45, 7) is 5.10. The molecule has 1 aliphatic carbocycles. The first-order valence-electron chi connectivity index (χ1n) is 6.71. The number of carboxylic acids is 1. The molecule has 0 bridgehead atoms. The van der Waals surface area contributed by atoms with Crippen LogP contribution in [0.15, 0.2) is 0 Å². The van der Waals surface area contributed by atoms with Crippen LogP contribution < -0.4 is 10.6 Å². The Balaban J connectivity index is 2.15. The Kier molecular flexibility index (Phi) is 5.44. The molecule has 0 aromatic rings. The zero-order valence-electron chi connectivity index (χ0n) is 11.3. The zero-order chi connectivity index (χ0) is 13.6. The Labute approximate surface area is 108 Å². The normalized spacial score (nSPS) is 18.6. The van der Waals surface area contributed by atoms with Gasteiger partial charge in [0, 0.05) is 19.5 Å². The predicted octanol–water partition coefficient (Wildman–Crippen LogP) is 1.98. The highest BCUT2D eigenvalue weighted by Gasteiger charge is 2.35. The van der Waals surface area contributed by atoms with Crippen molar-refractivity contribution in [2.75, 3.05) is 13.1 Å². The van der Waals surface area contributed by atoms with Gasteiger partial charge in [0.25, 0.3) is 0 Å². The topological polar surface area (TPSA) is 78.4 Å². The monoisotopic (exact) mass is 256 g/mol. The second-order valence-corrected chi connectivity index (χ2v) is 5.47. The van der Waals surface area contributed by atoms with Crippen molar-refractivity contribution in [2.45, 2.75) is 46.0 Å². The van der Waals surface area contributed by atoms with Crippen molar-refractivity contribution < 1.29 is 14.7 Å². The summed E-state index contributed by atoms with van der Waals surface area (Å²) in [6, 6.07) is -0.188.